The third-order valence-electron chi connectivity index (χ3n) is 4.29. The van der Waals surface area contributed by atoms with E-state index in [4.69, 9.17) is 4.74 Å². The highest BCUT2D eigenvalue weighted by atomic mass is 16.5. The van der Waals surface area contributed by atoms with Gasteiger partial charge in [-0.3, -0.25) is 14.4 Å². The van der Waals surface area contributed by atoms with E-state index in [0.717, 1.165) is 0 Å². The first-order chi connectivity index (χ1) is 13.1. The van der Waals surface area contributed by atoms with Gasteiger partial charge >= 0.3 is 0 Å². The van der Waals surface area contributed by atoms with Gasteiger partial charge in [-0.2, -0.15) is 5.10 Å². The predicted octanol–water partition coefficient (Wildman–Crippen LogP) is -1.37. The molecule has 2 aromatic heterocycles. The molecule has 1 unspecified atom stereocenters. The number of carbonyl (C=O) groups excluding carboxylic acids is 2. The fourth-order valence-corrected chi connectivity index (χ4v) is 2.88. The van der Waals surface area contributed by atoms with E-state index in [1.54, 1.807) is 12.0 Å². The van der Waals surface area contributed by atoms with E-state index in [0.29, 0.717) is 38.5 Å². The van der Waals surface area contributed by atoms with Crippen LogP contribution in [0.2, 0.25) is 0 Å². The molecule has 0 aromatic carbocycles. The minimum atomic E-state index is -0.526. The number of carbonyl (C=O) groups is 2. The molecule has 2 aromatic rings. The maximum atomic E-state index is 12.3. The van der Waals surface area contributed by atoms with Crippen molar-refractivity contribution in [3.8, 4) is 0 Å². The average molecular weight is 375 g/mol. The summed E-state index contributed by atoms with van der Waals surface area (Å²) in [6, 6.07) is 0. The zero-order valence-corrected chi connectivity index (χ0v) is 14.9. The topological polar surface area (TPSA) is 135 Å². The molecule has 2 N–H and O–H groups in total. The molecule has 0 bridgehead atoms. The molecule has 1 saturated heterocycles. The third kappa shape index (κ3) is 4.76. The van der Waals surface area contributed by atoms with Crippen LogP contribution in [0.3, 0.4) is 0 Å². The van der Waals surface area contributed by atoms with Crippen LogP contribution in [0, 0.1) is 5.92 Å². The number of amides is 2. The van der Waals surface area contributed by atoms with E-state index in [1.165, 1.54) is 23.5 Å². The first-order valence-electron chi connectivity index (χ1n) is 8.52. The summed E-state index contributed by atoms with van der Waals surface area (Å²) in [5.41, 5.74) is -0.597. The van der Waals surface area contributed by atoms with Gasteiger partial charge in [0.05, 0.1) is 6.61 Å². The lowest BCUT2D eigenvalue weighted by Gasteiger charge is -2.16. The number of nitrogens with zero attached hydrogens (tertiary/aromatic N) is 5. The number of H-pyrrole nitrogens is 1. The molecular weight excluding hydrogens is 354 g/mol. The Balaban J connectivity index is 1.54. The molecule has 3 heterocycles. The van der Waals surface area contributed by atoms with Gasteiger partial charge in [-0.05, 0) is 0 Å². The van der Waals surface area contributed by atoms with E-state index < -0.39 is 11.5 Å². The van der Waals surface area contributed by atoms with Crippen molar-refractivity contribution < 1.29 is 14.3 Å². The van der Waals surface area contributed by atoms with E-state index in [1.807, 2.05) is 0 Å². The van der Waals surface area contributed by atoms with Crippen LogP contribution in [0.15, 0.2) is 23.6 Å². The van der Waals surface area contributed by atoms with Gasteiger partial charge in [-0.15, -0.1) is 0 Å². The van der Waals surface area contributed by atoms with Gasteiger partial charge in [0, 0.05) is 45.3 Å². The summed E-state index contributed by atoms with van der Waals surface area (Å²) in [7, 11) is 1.58. The van der Waals surface area contributed by atoms with E-state index >= 15 is 0 Å². The molecule has 11 heteroatoms. The fraction of sp³-hybridized carbons (Fsp3) is 0.500. The van der Waals surface area contributed by atoms with E-state index in [2.05, 4.69) is 25.4 Å². The lowest BCUT2D eigenvalue weighted by Crippen LogP contribution is -2.35. The first kappa shape index (κ1) is 18.7. The van der Waals surface area contributed by atoms with Crippen LogP contribution in [-0.4, -0.2) is 74.8 Å². The van der Waals surface area contributed by atoms with Gasteiger partial charge < -0.3 is 19.9 Å². The Hall–Kier alpha value is -3.08. The van der Waals surface area contributed by atoms with Crippen LogP contribution in [-0.2, 0) is 16.1 Å². The first-order valence-corrected chi connectivity index (χ1v) is 8.52. The minimum Gasteiger partial charge on any atom is -0.383 e. The highest BCUT2D eigenvalue weighted by Gasteiger charge is 2.29. The lowest BCUT2D eigenvalue weighted by atomic mass is 10.1. The average Bonchev–Trinajstić information content (AvgIpc) is 3.27. The Bertz CT molecular complexity index is 849. The van der Waals surface area contributed by atoms with Crippen molar-refractivity contribution in [1.29, 1.82) is 0 Å². The highest BCUT2D eigenvalue weighted by Crippen LogP contribution is 2.16. The zero-order chi connectivity index (χ0) is 19.2. The van der Waals surface area contributed by atoms with Crippen LogP contribution in [0.1, 0.15) is 22.6 Å². The number of likely N-dealkylation sites (tertiary alicyclic amines) is 1. The molecule has 2 amide bonds. The Kier molecular flexibility index (Phi) is 5.91. The summed E-state index contributed by atoms with van der Waals surface area (Å²) in [6.45, 7) is 2.14. The Morgan fingerprint density at radius 3 is 3.00 bits per heavy atom. The number of hydrogen-bond acceptors (Lipinski definition) is 7. The molecule has 11 nitrogen and oxygen atoms in total. The minimum absolute atomic E-state index is 0.0111. The van der Waals surface area contributed by atoms with Gasteiger partial charge in [0.1, 0.15) is 30.6 Å². The lowest BCUT2D eigenvalue weighted by molar-refractivity contribution is -0.128. The highest BCUT2D eigenvalue weighted by molar-refractivity contribution is 5.93. The second-order valence-electron chi connectivity index (χ2n) is 6.28. The molecule has 0 aliphatic carbocycles. The maximum Gasteiger partial charge on any atom is 0.263 e. The number of methoxy groups -OCH3 is 1. The zero-order valence-electron chi connectivity index (χ0n) is 14.9. The molecule has 0 saturated carbocycles. The van der Waals surface area contributed by atoms with Gasteiger partial charge in [-0.1, -0.05) is 0 Å². The molecule has 0 spiro atoms. The number of nitrogens with one attached hydrogen (secondary N) is 2. The molecular formula is C16H21N7O4. The summed E-state index contributed by atoms with van der Waals surface area (Å²) in [5, 5.41) is 6.64. The second kappa shape index (κ2) is 8.54. The monoisotopic (exact) mass is 375 g/mol. The molecule has 1 aliphatic heterocycles. The number of ether oxygens (including phenoxy) is 1. The van der Waals surface area contributed by atoms with Gasteiger partial charge in [0.15, 0.2) is 0 Å². The Labute approximate surface area is 154 Å². The van der Waals surface area contributed by atoms with Crippen LogP contribution in [0.4, 0.5) is 0 Å². The number of rotatable bonds is 8. The van der Waals surface area contributed by atoms with Gasteiger partial charge in [0.25, 0.3) is 11.5 Å². The molecule has 144 valence electrons. The van der Waals surface area contributed by atoms with Crippen molar-refractivity contribution in [2.45, 2.75) is 13.0 Å². The second-order valence-corrected chi connectivity index (χ2v) is 6.28. The van der Waals surface area contributed by atoms with Crippen molar-refractivity contribution in [3.05, 3.63) is 40.6 Å². The predicted molar refractivity (Wildman–Crippen MR) is 92.9 cm³/mol. The standard InChI is InChI=1S/C16H21N7O4/c1-27-3-2-22-7-11(4-14(22)24)5-19-15(25)12-6-18-13(21-16(12)26)8-23-10-17-9-20-23/h6,9-11H,2-5,7-8H2,1H3,(H,19,25)(H,18,21,26). The van der Waals surface area contributed by atoms with E-state index in [-0.39, 0.29) is 23.9 Å². The number of hydrogen-bond donors (Lipinski definition) is 2. The van der Waals surface area contributed by atoms with Crippen molar-refractivity contribution in [1.82, 2.24) is 34.9 Å². The third-order valence-corrected chi connectivity index (χ3v) is 4.29. The van der Waals surface area contributed by atoms with Crippen LogP contribution in [0.5, 0.6) is 0 Å². The fourth-order valence-electron chi connectivity index (χ4n) is 2.88. The Morgan fingerprint density at radius 2 is 2.30 bits per heavy atom. The molecule has 3 rings (SSSR count). The van der Waals surface area contributed by atoms with Crippen LogP contribution < -0.4 is 10.9 Å². The molecule has 1 fully saturated rings. The van der Waals surface area contributed by atoms with Crippen molar-refractivity contribution in [2.24, 2.45) is 5.92 Å². The van der Waals surface area contributed by atoms with E-state index in [9.17, 15) is 14.4 Å². The van der Waals surface area contributed by atoms with Crippen LogP contribution >= 0.6 is 0 Å². The molecule has 0 radical (unpaired) electrons. The summed E-state index contributed by atoms with van der Waals surface area (Å²) < 4.78 is 6.49. The maximum absolute atomic E-state index is 12.3. The molecule has 27 heavy (non-hydrogen) atoms. The summed E-state index contributed by atoms with van der Waals surface area (Å²) in [6.07, 6.45) is 4.49. The quantitative estimate of drug-likeness (QED) is 0.581. The van der Waals surface area contributed by atoms with Crippen molar-refractivity contribution in [2.75, 3.05) is 33.4 Å². The van der Waals surface area contributed by atoms with Crippen molar-refractivity contribution in [3.63, 3.8) is 0 Å². The van der Waals surface area contributed by atoms with Crippen LogP contribution in [0.25, 0.3) is 0 Å². The summed E-state index contributed by atoms with van der Waals surface area (Å²) >= 11 is 0. The van der Waals surface area contributed by atoms with Gasteiger partial charge in [0.2, 0.25) is 5.91 Å². The van der Waals surface area contributed by atoms with Gasteiger partial charge in [-0.25, -0.2) is 14.6 Å². The summed E-state index contributed by atoms with van der Waals surface area (Å²) in [4.78, 5) is 48.5. The molecule has 1 atom stereocenters. The largest absolute Gasteiger partial charge is 0.383 e. The molecule has 1 aliphatic rings. The Morgan fingerprint density at radius 1 is 1.44 bits per heavy atom. The SMILES string of the molecule is COCCN1CC(CNC(=O)c2cnc(Cn3cncn3)[nH]c2=O)CC1=O. The normalized spacial score (nSPS) is 16.7. The number of aromatic nitrogens is 5. The van der Waals surface area contributed by atoms with Crippen molar-refractivity contribution >= 4 is 11.8 Å². The summed E-state index contributed by atoms with van der Waals surface area (Å²) in [5.74, 6) is -0.0868. The smallest absolute Gasteiger partial charge is 0.263 e. The number of aromatic amines is 1.